The second-order valence-corrected chi connectivity index (χ2v) is 7.17. The van der Waals surface area contributed by atoms with E-state index in [1.165, 1.54) is 11.1 Å². The fourth-order valence-electron chi connectivity index (χ4n) is 3.67. The van der Waals surface area contributed by atoms with Crippen molar-refractivity contribution in [2.75, 3.05) is 5.32 Å². The van der Waals surface area contributed by atoms with Crippen molar-refractivity contribution >= 4 is 22.6 Å². The third-order valence-corrected chi connectivity index (χ3v) is 5.13. The van der Waals surface area contributed by atoms with Gasteiger partial charge in [0.05, 0.1) is 17.5 Å². The minimum absolute atomic E-state index is 0.000568. The van der Waals surface area contributed by atoms with Crippen LogP contribution in [0.5, 0.6) is 0 Å². The number of aromatic nitrogens is 2. The molecule has 3 aromatic carbocycles. The molecule has 0 unspecified atom stereocenters. The van der Waals surface area contributed by atoms with Crippen LogP contribution >= 0.6 is 0 Å². The van der Waals surface area contributed by atoms with Gasteiger partial charge in [-0.2, -0.15) is 0 Å². The number of benzene rings is 3. The number of amides is 1. The van der Waals surface area contributed by atoms with Gasteiger partial charge >= 0.3 is 0 Å². The van der Waals surface area contributed by atoms with E-state index in [4.69, 9.17) is 4.98 Å². The summed E-state index contributed by atoms with van der Waals surface area (Å²) >= 11 is 0. The van der Waals surface area contributed by atoms with Gasteiger partial charge in [-0.05, 0) is 48.7 Å². The zero-order chi connectivity index (χ0) is 20.1. The summed E-state index contributed by atoms with van der Waals surface area (Å²) in [4.78, 5) is 17.0. The molecule has 4 nitrogen and oxygen atoms in total. The second kappa shape index (κ2) is 8.74. The summed E-state index contributed by atoms with van der Waals surface area (Å²) in [6, 6.07) is 26.2. The van der Waals surface area contributed by atoms with Crippen molar-refractivity contribution in [2.45, 2.75) is 32.7 Å². The van der Waals surface area contributed by atoms with Crippen molar-refractivity contribution in [3.05, 3.63) is 95.8 Å². The Kier molecular flexibility index (Phi) is 5.71. The van der Waals surface area contributed by atoms with Gasteiger partial charge in [0, 0.05) is 18.7 Å². The molecule has 0 saturated carbocycles. The molecule has 1 N–H and O–H groups in total. The van der Waals surface area contributed by atoms with E-state index in [9.17, 15) is 4.79 Å². The van der Waals surface area contributed by atoms with Crippen LogP contribution in [-0.4, -0.2) is 15.5 Å². The monoisotopic (exact) mass is 383 g/mol. The van der Waals surface area contributed by atoms with Gasteiger partial charge < -0.3 is 9.88 Å². The molecule has 1 amide bonds. The molecule has 0 spiro atoms. The molecule has 0 atom stereocenters. The summed E-state index contributed by atoms with van der Waals surface area (Å²) in [6.45, 7) is 3.08. The zero-order valence-corrected chi connectivity index (χ0v) is 16.6. The Morgan fingerprint density at radius 1 is 0.862 bits per heavy atom. The fraction of sp³-hybridized carbons (Fsp3) is 0.200. The Bertz CT molecular complexity index is 1100. The topological polar surface area (TPSA) is 46.9 Å². The summed E-state index contributed by atoms with van der Waals surface area (Å²) in [7, 11) is 0. The smallest absolute Gasteiger partial charge is 0.228 e. The van der Waals surface area contributed by atoms with Crippen LogP contribution in [0.15, 0.2) is 78.9 Å². The van der Waals surface area contributed by atoms with E-state index in [1.54, 1.807) is 0 Å². The number of hydrogen-bond donors (Lipinski definition) is 1. The van der Waals surface area contributed by atoms with Gasteiger partial charge in [-0.1, -0.05) is 54.6 Å². The van der Waals surface area contributed by atoms with Crippen LogP contribution in [0.2, 0.25) is 0 Å². The molecule has 0 radical (unpaired) electrons. The molecule has 0 aliphatic rings. The lowest BCUT2D eigenvalue weighted by Gasteiger charge is -2.08. The first kappa shape index (κ1) is 18.9. The highest BCUT2D eigenvalue weighted by molar-refractivity contribution is 5.92. The third kappa shape index (κ3) is 4.54. The Balaban J connectivity index is 1.37. The van der Waals surface area contributed by atoms with Gasteiger partial charge in [0.2, 0.25) is 5.91 Å². The molecule has 29 heavy (non-hydrogen) atoms. The molecular formula is C25H25N3O. The molecule has 0 aliphatic heterocycles. The van der Waals surface area contributed by atoms with Gasteiger partial charge in [0.25, 0.3) is 0 Å². The highest BCUT2D eigenvalue weighted by Gasteiger charge is 2.09. The average Bonchev–Trinajstić information content (AvgIpc) is 3.11. The molecule has 1 aromatic heterocycles. The van der Waals surface area contributed by atoms with Gasteiger partial charge in [-0.15, -0.1) is 0 Å². The van der Waals surface area contributed by atoms with E-state index >= 15 is 0 Å². The fourth-order valence-corrected chi connectivity index (χ4v) is 3.67. The molecular weight excluding hydrogens is 358 g/mol. The summed E-state index contributed by atoms with van der Waals surface area (Å²) in [5, 5.41) is 2.97. The van der Waals surface area contributed by atoms with Crippen LogP contribution in [-0.2, 0) is 30.6 Å². The number of para-hydroxylation sites is 2. The lowest BCUT2D eigenvalue weighted by atomic mass is 10.1. The molecule has 4 aromatic rings. The lowest BCUT2D eigenvalue weighted by molar-refractivity contribution is -0.115. The molecule has 0 aliphatic carbocycles. The van der Waals surface area contributed by atoms with Gasteiger partial charge in [0.1, 0.15) is 5.82 Å². The number of anilines is 1. The predicted molar refractivity (Wildman–Crippen MR) is 118 cm³/mol. The van der Waals surface area contributed by atoms with Crippen LogP contribution in [0.25, 0.3) is 11.0 Å². The SMILES string of the molecule is CCn1c(CCc2ccc(NC(=O)Cc3ccccc3)cc2)nc2ccccc21. The van der Waals surface area contributed by atoms with Crippen molar-refractivity contribution in [3.8, 4) is 0 Å². The zero-order valence-electron chi connectivity index (χ0n) is 16.6. The maximum atomic E-state index is 12.2. The molecule has 0 saturated heterocycles. The van der Waals surface area contributed by atoms with Gasteiger partial charge in [-0.25, -0.2) is 4.98 Å². The van der Waals surface area contributed by atoms with Gasteiger partial charge in [-0.3, -0.25) is 4.79 Å². The van der Waals surface area contributed by atoms with E-state index < -0.39 is 0 Å². The van der Waals surface area contributed by atoms with E-state index in [0.717, 1.165) is 42.0 Å². The van der Waals surface area contributed by atoms with Crippen LogP contribution in [0, 0.1) is 0 Å². The summed E-state index contributed by atoms with van der Waals surface area (Å²) in [6.07, 6.45) is 2.19. The third-order valence-electron chi connectivity index (χ3n) is 5.13. The highest BCUT2D eigenvalue weighted by Crippen LogP contribution is 2.18. The van der Waals surface area contributed by atoms with Gasteiger partial charge in [0.15, 0.2) is 0 Å². The minimum atomic E-state index is 0.000568. The number of hydrogen-bond acceptors (Lipinski definition) is 2. The summed E-state index contributed by atoms with van der Waals surface area (Å²) in [5.74, 6) is 1.12. The van der Waals surface area contributed by atoms with E-state index in [1.807, 2.05) is 48.5 Å². The number of nitrogens with one attached hydrogen (secondary N) is 1. The Hall–Kier alpha value is -3.40. The first-order valence-electron chi connectivity index (χ1n) is 10.1. The molecule has 1 heterocycles. The largest absolute Gasteiger partial charge is 0.328 e. The summed E-state index contributed by atoms with van der Waals surface area (Å²) in [5.41, 5.74) is 5.33. The van der Waals surface area contributed by atoms with Crippen LogP contribution < -0.4 is 5.32 Å². The lowest BCUT2D eigenvalue weighted by Crippen LogP contribution is -2.14. The van der Waals surface area contributed by atoms with E-state index in [2.05, 4.69) is 47.1 Å². The second-order valence-electron chi connectivity index (χ2n) is 7.17. The number of carbonyl (C=O) groups excluding carboxylic acids is 1. The Labute approximate surface area is 171 Å². The maximum absolute atomic E-state index is 12.2. The normalized spacial score (nSPS) is 10.9. The number of nitrogens with zero attached hydrogens (tertiary/aromatic N) is 2. The van der Waals surface area contributed by atoms with Crippen LogP contribution in [0.3, 0.4) is 0 Å². The van der Waals surface area contributed by atoms with Crippen molar-refractivity contribution in [1.29, 1.82) is 0 Å². The standard InChI is InChI=1S/C25H25N3O/c1-2-28-23-11-7-6-10-22(23)27-24(28)17-14-19-12-15-21(16-13-19)26-25(29)18-20-8-4-3-5-9-20/h3-13,15-16H,2,14,17-18H2,1H3,(H,26,29). The maximum Gasteiger partial charge on any atom is 0.228 e. The van der Waals surface area contributed by atoms with Crippen molar-refractivity contribution < 1.29 is 4.79 Å². The summed E-state index contributed by atoms with van der Waals surface area (Å²) < 4.78 is 2.29. The molecule has 146 valence electrons. The van der Waals surface area contributed by atoms with Crippen LogP contribution in [0.1, 0.15) is 23.9 Å². The number of rotatable bonds is 7. The molecule has 4 rings (SSSR count). The average molecular weight is 383 g/mol. The highest BCUT2D eigenvalue weighted by atomic mass is 16.1. The minimum Gasteiger partial charge on any atom is -0.328 e. The molecule has 0 fully saturated rings. The number of fused-ring (bicyclic) bond motifs is 1. The predicted octanol–water partition coefficient (Wildman–Crippen LogP) is 5.02. The Morgan fingerprint density at radius 2 is 1.59 bits per heavy atom. The van der Waals surface area contributed by atoms with Crippen molar-refractivity contribution in [2.24, 2.45) is 0 Å². The number of aryl methyl sites for hydroxylation is 3. The van der Waals surface area contributed by atoms with Crippen molar-refractivity contribution in [1.82, 2.24) is 9.55 Å². The number of imidazole rings is 1. The molecule has 4 heteroatoms. The van der Waals surface area contributed by atoms with Crippen molar-refractivity contribution in [3.63, 3.8) is 0 Å². The number of carbonyl (C=O) groups is 1. The van der Waals surface area contributed by atoms with Crippen LogP contribution in [0.4, 0.5) is 5.69 Å². The van der Waals surface area contributed by atoms with E-state index in [0.29, 0.717) is 6.42 Å². The Morgan fingerprint density at radius 3 is 2.34 bits per heavy atom. The quantitative estimate of drug-likeness (QED) is 0.487. The molecule has 0 bridgehead atoms. The first-order valence-corrected chi connectivity index (χ1v) is 10.1. The van der Waals surface area contributed by atoms with E-state index in [-0.39, 0.29) is 5.91 Å². The first-order chi connectivity index (χ1) is 14.2.